The van der Waals surface area contributed by atoms with Crippen molar-refractivity contribution in [1.82, 2.24) is 30.0 Å². The SMILES string of the molecule is O=C(Nc1ccc(-c2ccc3nncn3n2)cc1)c1cc(-c2ccccc2)n[nH]1. The monoisotopic (exact) mass is 381 g/mol. The van der Waals surface area contributed by atoms with Crippen molar-refractivity contribution in [2.75, 3.05) is 5.32 Å². The molecule has 0 aliphatic rings. The van der Waals surface area contributed by atoms with Gasteiger partial charge in [-0.25, -0.2) is 0 Å². The zero-order valence-electron chi connectivity index (χ0n) is 15.1. The van der Waals surface area contributed by atoms with E-state index in [0.29, 0.717) is 17.0 Å². The lowest BCUT2D eigenvalue weighted by Crippen LogP contribution is -2.12. The van der Waals surface area contributed by atoms with Crippen LogP contribution in [-0.2, 0) is 0 Å². The topological polar surface area (TPSA) is 101 Å². The number of aromatic amines is 1. The van der Waals surface area contributed by atoms with E-state index < -0.39 is 0 Å². The van der Waals surface area contributed by atoms with Crippen molar-refractivity contribution < 1.29 is 4.79 Å². The Labute approximate surface area is 165 Å². The van der Waals surface area contributed by atoms with Crippen LogP contribution in [0.1, 0.15) is 10.5 Å². The zero-order valence-corrected chi connectivity index (χ0v) is 15.1. The summed E-state index contributed by atoms with van der Waals surface area (Å²) < 4.78 is 1.62. The van der Waals surface area contributed by atoms with Gasteiger partial charge in [0.05, 0.1) is 11.4 Å². The molecule has 3 aromatic heterocycles. The van der Waals surface area contributed by atoms with E-state index in [9.17, 15) is 4.79 Å². The van der Waals surface area contributed by atoms with Crippen molar-refractivity contribution in [2.45, 2.75) is 0 Å². The molecule has 0 atom stereocenters. The first-order valence-electron chi connectivity index (χ1n) is 8.96. The van der Waals surface area contributed by atoms with Crippen molar-refractivity contribution in [3.63, 3.8) is 0 Å². The van der Waals surface area contributed by atoms with Crippen molar-refractivity contribution in [3.8, 4) is 22.5 Å². The standard InChI is InChI=1S/C21H15N7O/c29-21(19-12-18(24-25-19)14-4-2-1-3-5-14)23-16-8-6-15(7-9-16)17-10-11-20-26-22-13-28(20)27-17/h1-13H,(H,23,29)(H,24,25). The number of anilines is 1. The summed E-state index contributed by atoms with van der Waals surface area (Å²) in [7, 11) is 0. The molecule has 8 heteroatoms. The fourth-order valence-electron chi connectivity index (χ4n) is 3.00. The van der Waals surface area contributed by atoms with Crippen LogP contribution in [0, 0.1) is 0 Å². The second-order valence-electron chi connectivity index (χ2n) is 6.42. The van der Waals surface area contributed by atoms with Crippen molar-refractivity contribution in [2.24, 2.45) is 0 Å². The summed E-state index contributed by atoms with van der Waals surface area (Å²) in [5.74, 6) is -0.253. The minimum absolute atomic E-state index is 0.253. The van der Waals surface area contributed by atoms with Gasteiger partial charge in [-0.3, -0.25) is 9.89 Å². The van der Waals surface area contributed by atoms with Gasteiger partial charge in [0, 0.05) is 16.8 Å². The van der Waals surface area contributed by atoms with Crippen LogP contribution >= 0.6 is 0 Å². The summed E-state index contributed by atoms with van der Waals surface area (Å²) in [4.78, 5) is 12.5. The second kappa shape index (κ2) is 7.01. The normalized spacial score (nSPS) is 10.9. The van der Waals surface area contributed by atoms with E-state index in [2.05, 4.69) is 30.8 Å². The van der Waals surface area contributed by atoms with Gasteiger partial charge in [0.15, 0.2) is 5.65 Å². The number of carbonyl (C=O) groups excluding carboxylic acids is 1. The third-order valence-electron chi connectivity index (χ3n) is 4.49. The van der Waals surface area contributed by atoms with Gasteiger partial charge in [-0.15, -0.1) is 10.2 Å². The first kappa shape index (κ1) is 16.8. The molecule has 29 heavy (non-hydrogen) atoms. The molecule has 0 saturated heterocycles. The van der Waals surface area contributed by atoms with E-state index >= 15 is 0 Å². The molecule has 5 rings (SSSR count). The molecule has 0 aliphatic carbocycles. The Balaban J connectivity index is 1.32. The number of benzene rings is 2. The quantitative estimate of drug-likeness (QED) is 0.497. The number of H-pyrrole nitrogens is 1. The molecule has 0 radical (unpaired) electrons. The summed E-state index contributed by atoms with van der Waals surface area (Å²) in [6.45, 7) is 0. The molecule has 0 spiro atoms. The predicted molar refractivity (Wildman–Crippen MR) is 108 cm³/mol. The van der Waals surface area contributed by atoms with E-state index in [0.717, 1.165) is 22.5 Å². The first-order valence-corrected chi connectivity index (χ1v) is 8.96. The van der Waals surface area contributed by atoms with Gasteiger partial charge >= 0.3 is 0 Å². The van der Waals surface area contributed by atoms with Gasteiger partial charge in [0.2, 0.25) is 0 Å². The maximum absolute atomic E-state index is 12.5. The minimum atomic E-state index is -0.253. The van der Waals surface area contributed by atoms with Crippen LogP contribution < -0.4 is 5.32 Å². The summed E-state index contributed by atoms with van der Waals surface area (Å²) >= 11 is 0. The number of nitrogens with one attached hydrogen (secondary N) is 2. The summed E-state index contributed by atoms with van der Waals surface area (Å²) in [5.41, 5.74) is 5.15. The highest BCUT2D eigenvalue weighted by molar-refractivity contribution is 6.03. The summed E-state index contributed by atoms with van der Waals surface area (Å²) in [6, 6.07) is 22.6. The zero-order chi connectivity index (χ0) is 19.6. The lowest BCUT2D eigenvalue weighted by molar-refractivity contribution is 0.102. The molecule has 2 N–H and O–H groups in total. The highest BCUT2D eigenvalue weighted by Gasteiger charge is 2.11. The van der Waals surface area contributed by atoms with E-state index in [-0.39, 0.29) is 5.91 Å². The number of hydrogen-bond acceptors (Lipinski definition) is 5. The first-order chi connectivity index (χ1) is 14.3. The smallest absolute Gasteiger partial charge is 0.273 e. The molecule has 140 valence electrons. The Kier molecular flexibility index (Phi) is 4.06. The number of rotatable bonds is 4. The van der Waals surface area contributed by atoms with Crippen LogP contribution in [0.15, 0.2) is 79.1 Å². The van der Waals surface area contributed by atoms with E-state index in [1.165, 1.54) is 0 Å². The fraction of sp³-hybridized carbons (Fsp3) is 0. The highest BCUT2D eigenvalue weighted by Crippen LogP contribution is 2.21. The lowest BCUT2D eigenvalue weighted by Gasteiger charge is -2.05. The Morgan fingerprint density at radius 3 is 2.52 bits per heavy atom. The van der Waals surface area contributed by atoms with Gasteiger partial charge in [-0.1, -0.05) is 42.5 Å². The van der Waals surface area contributed by atoms with E-state index in [4.69, 9.17) is 0 Å². The summed E-state index contributed by atoms with van der Waals surface area (Å²) in [6.07, 6.45) is 1.56. The van der Waals surface area contributed by atoms with Crippen LogP contribution in [0.4, 0.5) is 5.69 Å². The number of nitrogens with zero attached hydrogens (tertiary/aromatic N) is 5. The third-order valence-corrected chi connectivity index (χ3v) is 4.49. The molecular formula is C21H15N7O. The van der Waals surface area contributed by atoms with E-state index in [1.807, 2.05) is 66.7 Å². The molecule has 1 amide bonds. The molecular weight excluding hydrogens is 366 g/mol. The summed E-state index contributed by atoms with van der Waals surface area (Å²) in [5, 5.41) is 22.1. The van der Waals surface area contributed by atoms with E-state index in [1.54, 1.807) is 16.9 Å². The maximum Gasteiger partial charge on any atom is 0.273 e. The number of hydrogen-bond donors (Lipinski definition) is 2. The molecule has 0 bridgehead atoms. The van der Waals surface area contributed by atoms with Crippen molar-refractivity contribution in [3.05, 3.63) is 84.8 Å². The number of carbonyl (C=O) groups is 1. The van der Waals surface area contributed by atoms with Crippen molar-refractivity contribution >= 4 is 17.2 Å². The Morgan fingerprint density at radius 1 is 0.897 bits per heavy atom. The number of fused-ring (bicyclic) bond motifs is 1. The Bertz CT molecular complexity index is 1290. The van der Waals surface area contributed by atoms with Crippen LogP contribution in [0.3, 0.4) is 0 Å². The average molecular weight is 381 g/mol. The Hall–Kier alpha value is -4.33. The molecule has 0 fully saturated rings. The molecule has 3 heterocycles. The predicted octanol–water partition coefficient (Wildman–Crippen LogP) is 3.43. The van der Waals surface area contributed by atoms with Gasteiger partial charge in [0.1, 0.15) is 12.0 Å². The molecule has 2 aromatic carbocycles. The average Bonchev–Trinajstić information content (AvgIpc) is 3.44. The van der Waals surface area contributed by atoms with Gasteiger partial charge in [-0.2, -0.15) is 14.7 Å². The molecule has 0 aliphatic heterocycles. The largest absolute Gasteiger partial charge is 0.321 e. The fourth-order valence-corrected chi connectivity index (χ4v) is 3.00. The van der Waals surface area contributed by atoms with Crippen LogP contribution in [0.5, 0.6) is 0 Å². The second-order valence-corrected chi connectivity index (χ2v) is 6.42. The van der Waals surface area contributed by atoms with Gasteiger partial charge < -0.3 is 5.32 Å². The van der Waals surface area contributed by atoms with Crippen LogP contribution in [0.25, 0.3) is 28.2 Å². The molecule has 0 unspecified atom stereocenters. The minimum Gasteiger partial charge on any atom is -0.321 e. The molecule has 0 saturated carbocycles. The Morgan fingerprint density at radius 2 is 1.69 bits per heavy atom. The van der Waals surface area contributed by atoms with Crippen molar-refractivity contribution in [1.29, 1.82) is 0 Å². The van der Waals surface area contributed by atoms with Crippen LogP contribution in [-0.4, -0.2) is 35.9 Å². The molecule has 5 aromatic rings. The highest BCUT2D eigenvalue weighted by atomic mass is 16.1. The number of amides is 1. The van der Waals surface area contributed by atoms with Crippen LogP contribution in [0.2, 0.25) is 0 Å². The maximum atomic E-state index is 12.5. The lowest BCUT2D eigenvalue weighted by atomic mass is 10.1. The molecule has 8 nitrogen and oxygen atoms in total. The number of aromatic nitrogens is 6. The van der Waals surface area contributed by atoms with Gasteiger partial charge in [0.25, 0.3) is 5.91 Å². The third kappa shape index (κ3) is 3.34. The van der Waals surface area contributed by atoms with Gasteiger partial charge in [-0.05, 0) is 30.3 Å².